The van der Waals surface area contributed by atoms with E-state index in [9.17, 15) is 0 Å². The van der Waals surface area contributed by atoms with Gasteiger partial charge in [0.05, 0.1) is 0 Å². The first-order chi connectivity index (χ1) is 1.00. The fourth-order valence-corrected chi connectivity index (χ4v) is 0. The van der Waals surface area contributed by atoms with E-state index in [4.69, 9.17) is 4.79 Å². The molecule has 0 aromatic rings. The second-order valence-electron chi connectivity index (χ2n) is 0. The summed E-state index contributed by atoms with van der Waals surface area (Å²) in [5.41, 5.74) is 0. The van der Waals surface area contributed by atoms with Gasteiger partial charge in [0.2, 0.25) is 0 Å². The van der Waals surface area contributed by atoms with Gasteiger partial charge in [0.1, 0.15) is 0 Å². The van der Waals surface area contributed by atoms with Crippen LogP contribution >= 0.6 is 0 Å². The van der Waals surface area contributed by atoms with Gasteiger partial charge in [0.25, 0.3) is 0 Å². The van der Waals surface area contributed by atoms with Gasteiger partial charge in [0, 0.05) is 0 Å². The molecule has 0 amide bonds. The van der Waals surface area contributed by atoms with Crippen LogP contribution in [0.25, 0.3) is 0 Å². The van der Waals surface area contributed by atoms with E-state index in [1.54, 1.807) is 0 Å². The zero-order valence-electron chi connectivity index (χ0n) is 2.07. The van der Waals surface area contributed by atoms with Gasteiger partial charge in [-0.15, -0.1) is 0 Å². The second-order valence-corrected chi connectivity index (χ2v) is 0. The van der Waals surface area contributed by atoms with E-state index in [1.165, 1.54) is 0 Å². The van der Waals surface area contributed by atoms with Crippen molar-refractivity contribution in [3.8, 4) is 0 Å². The van der Waals surface area contributed by atoms with Crippen LogP contribution in [0, 0.1) is 0 Å². The number of hydrogen-bond acceptors (Lipinski definition) is 1. The van der Waals surface area contributed by atoms with Gasteiger partial charge >= 0.3 is 23.1 Å². The van der Waals surface area contributed by atoms with Crippen LogP contribution in [0.15, 0.2) is 0 Å². The summed E-state index contributed by atoms with van der Waals surface area (Å²) >= 11 is 0. The molecule has 1 nitrogen and oxygen atoms in total. The van der Waals surface area contributed by atoms with Gasteiger partial charge in [-0.3, -0.25) is 6.79 Å². The third kappa shape index (κ3) is 15.4. The standard InChI is InChI=1S/CHO.ClH.Mg/c1-2;;/h1H;1H;/q-1;;+2/p-1. The van der Waals surface area contributed by atoms with Crippen molar-refractivity contribution in [2.24, 2.45) is 0 Å². The van der Waals surface area contributed by atoms with Crippen LogP contribution in [0.4, 0.5) is 0 Å². The smallest absolute Gasteiger partial charge is 1.00 e. The molecule has 0 aromatic carbocycles. The van der Waals surface area contributed by atoms with Gasteiger partial charge in [-0.05, 0) is 0 Å². The molecule has 0 N–H and O–H groups in total. The van der Waals surface area contributed by atoms with Crippen molar-refractivity contribution in [2.75, 3.05) is 0 Å². The zero-order chi connectivity index (χ0) is 2.00. The second kappa shape index (κ2) is 52.5. The van der Waals surface area contributed by atoms with E-state index in [2.05, 4.69) is 6.79 Å². The molecule has 0 aliphatic carbocycles. The molecule has 0 rings (SSSR count). The van der Waals surface area contributed by atoms with Crippen molar-refractivity contribution >= 4 is 29.8 Å². The Labute approximate surface area is 47.3 Å². The number of carbonyl (C=O) groups excluding carboxylic acids is 1. The third-order valence-corrected chi connectivity index (χ3v) is 0. The van der Waals surface area contributed by atoms with Gasteiger partial charge in [-0.25, -0.2) is 0 Å². The van der Waals surface area contributed by atoms with Crippen molar-refractivity contribution in [2.45, 2.75) is 0 Å². The van der Waals surface area contributed by atoms with Crippen LogP contribution in [0.5, 0.6) is 0 Å². The molecule has 20 valence electrons. The molecule has 0 heterocycles. The quantitative estimate of drug-likeness (QED) is 0.170. The average Bonchev–Trinajstić information content (AvgIpc) is 1.00. The average molecular weight is 88.8 g/mol. The molecular formula is CHClMgO. The summed E-state index contributed by atoms with van der Waals surface area (Å²) in [7, 11) is 0. The Balaban J connectivity index is -0.00000000500. The maximum atomic E-state index is 7.75. The topological polar surface area (TPSA) is 17.1 Å². The van der Waals surface area contributed by atoms with Gasteiger partial charge < -0.3 is 17.2 Å². The molecule has 0 atom stereocenters. The largest absolute Gasteiger partial charge is 2.00 e. The van der Waals surface area contributed by atoms with Crippen molar-refractivity contribution in [1.29, 1.82) is 0 Å². The van der Waals surface area contributed by atoms with E-state index < -0.39 is 0 Å². The summed E-state index contributed by atoms with van der Waals surface area (Å²) in [5.74, 6) is 0. The molecule has 0 radical (unpaired) electrons. The van der Waals surface area contributed by atoms with Crippen LogP contribution in [-0.4, -0.2) is 29.8 Å². The Bertz CT molecular complexity index is 8.00. The minimum Gasteiger partial charge on any atom is -1.00 e. The summed E-state index contributed by atoms with van der Waals surface area (Å²) in [6.45, 7) is 3.25. The van der Waals surface area contributed by atoms with Crippen LogP contribution in [0.1, 0.15) is 0 Å². The summed E-state index contributed by atoms with van der Waals surface area (Å²) in [6.07, 6.45) is 0. The van der Waals surface area contributed by atoms with Crippen LogP contribution in [0.2, 0.25) is 0 Å². The van der Waals surface area contributed by atoms with Crippen molar-refractivity contribution in [1.82, 2.24) is 0 Å². The first-order valence-electron chi connectivity index (χ1n) is 0.236. The zero-order valence-corrected chi connectivity index (χ0v) is 4.24. The molecule has 0 saturated heterocycles. The fraction of sp³-hybridized carbons (Fsp3) is 0. The molecule has 4 heavy (non-hydrogen) atoms. The van der Waals surface area contributed by atoms with Gasteiger partial charge in [-0.2, -0.15) is 0 Å². The van der Waals surface area contributed by atoms with E-state index in [-0.39, 0.29) is 35.5 Å². The normalized spacial score (nSPS) is 1.00. The van der Waals surface area contributed by atoms with Crippen LogP contribution in [-0.2, 0) is 4.79 Å². The summed E-state index contributed by atoms with van der Waals surface area (Å²) in [5, 5.41) is 0. The van der Waals surface area contributed by atoms with Crippen molar-refractivity contribution in [3.05, 3.63) is 0 Å². The number of halogens is 1. The first kappa shape index (κ1) is 22.0. The Morgan fingerprint density at radius 3 is 1.25 bits per heavy atom. The van der Waals surface area contributed by atoms with E-state index in [1.807, 2.05) is 0 Å². The maximum absolute atomic E-state index is 7.75. The predicted molar refractivity (Wildman–Crippen MR) is 12.5 cm³/mol. The molecular weight excluding hydrogens is 87.8 g/mol. The Kier molecular flexibility index (Phi) is 289. The molecule has 0 unspecified atom stereocenters. The van der Waals surface area contributed by atoms with E-state index in [0.717, 1.165) is 0 Å². The van der Waals surface area contributed by atoms with E-state index >= 15 is 0 Å². The Hall–Kier alpha value is 0.726. The van der Waals surface area contributed by atoms with E-state index in [0.29, 0.717) is 0 Å². The SMILES string of the molecule is [CH-]=O.[Cl-].[Mg+2]. The Morgan fingerprint density at radius 2 is 1.25 bits per heavy atom. The molecule has 0 saturated carbocycles. The summed E-state index contributed by atoms with van der Waals surface area (Å²) < 4.78 is 0. The minimum absolute atomic E-state index is 0. The van der Waals surface area contributed by atoms with Gasteiger partial charge in [0.15, 0.2) is 0 Å². The van der Waals surface area contributed by atoms with Crippen LogP contribution in [0.3, 0.4) is 0 Å². The molecule has 0 aliphatic rings. The molecule has 0 aliphatic heterocycles. The third-order valence-electron chi connectivity index (χ3n) is 0. The molecule has 0 spiro atoms. The number of hydrogen-bond donors (Lipinski definition) is 0. The van der Waals surface area contributed by atoms with Crippen LogP contribution < -0.4 is 12.4 Å². The maximum Gasteiger partial charge on any atom is 2.00 e. The van der Waals surface area contributed by atoms with Crippen molar-refractivity contribution < 1.29 is 17.2 Å². The Morgan fingerprint density at radius 1 is 1.25 bits per heavy atom. The molecule has 0 aromatic heterocycles. The first-order valence-corrected chi connectivity index (χ1v) is 0.236. The molecule has 0 bridgehead atoms. The minimum atomic E-state index is 0. The van der Waals surface area contributed by atoms with Crippen molar-refractivity contribution in [3.63, 3.8) is 0 Å². The molecule has 3 heteroatoms. The predicted octanol–water partition coefficient (Wildman–Crippen LogP) is -3.65. The summed E-state index contributed by atoms with van der Waals surface area (Å²) in [4.78, 5) is 7.75. The molecule has 0 fully saturated rings. The monoisotopic (exact) mass is 88.0 g/mol. The fourth-order valence-electron chi connectivity index (χ4n) is 0. The summed E-state index contributed by atoms with van der Waals surface area (Å²) in [6, 6.07) is 0. The van der Waals surface area contributed by atoms with Gasteiger partial charge in [-0.1, -0.05) is 0 Å². The number of rotatable bonds is 0.